The van der Waals surface area contributed by atoms with E-state index in [0.717, 1.165) is 47.1 Å². The van der Waals surface area contributed by atoms with Crippen molar-refractivity contribution >= 4 is 5.91 Å². The van der Waals surface area contributed by atoms with E-state index in [1.165, 1.54) is 19.2 Å². The molecule has 0 aliphatic heterocycles. The molecule has 1 amide bonds. The highest BCUT2D eigenvalue weighted by Crippen LogP contribution is 2.30. The molecule has 2 N–H and O–H groups in total. The van der Waals surface area contributed by atoms with Gasteiger partial charge in [0.05, 0.1) is 36.2 Å². The normalized spacial score (nSPS) is 12.4. The molecule has 1 aromatic heterocycles. The van der Waals surface area contributed by atoms with Crippen LogP contribution in [0.3, 0.4) is 0 Å². The molecular formula is C22H19F4N3O4. The van der Waals surface area contributed by atoms with Crippen molar-refractivity contribution in [2.75, 3.05) is 20.3 Å². The number of ether oxygens (including phenoxy) is 1. The lowest BCUT2D eigenvalue weighted by Gasteiger charge is -2.16. The first-order chi connectivity index (χ1) is 15.6. The highest BCUT2D eigenvalue weighted by Gasteiger charge is 2.30. The summed E-state index contributed by atoms with van der Waals surface area (Å²) in [6, 6.07) is 9.18. The van der Waals surface area contributed by atoms with Crippen LogP contribution in [0.4, 0.5) is 17.6 Å². The molecule has 3 aromatic rings. The van der Waals surface area contributed by atoms with E-state index in [0.29, 0.717) is 0 Å². The van der Waals surface area contributed by atoms with Crippen LogP contribution in [-0.2, 0) is 10.9 Å². The van der Waals surface area contributed by atoms with Crippen molar-refractivity contribution in [2.24, 2.45) is 0 Å². The molecule has 0 saturated heterocycles. The van der Waals surface area contributed by atoms with E-state index in [1.54, 1.807) is 0 Å². The molecule has 0 aliphatic rings. The number of halogens is 4. The van der Waals surface area contributed by atoms with Gasteiger partial charge < -0.3 is 15.2 Å². The zero-order chi connectivity index (χ0) is 24.2. The van der Waals surface area contributed by atoms with Crippen LogP contribution in [0, 0.1) is 5.82 Å². The third kappa shape index (κ3) is 5.62. The Morgan fingerprint density at radius 1 is 1.18 bits per heavy atom. The Bertz CT molecular complexity index is 1190. The lowest BCUT2D eigenvalue weighted by molar-refractivity contribution is -0.137. The van der Waals surface area contributed by atoms with Crippen LogP contribution >= 0.6 is 0 Å². The predicted molar refractivity (Wildman–Crippen MR) is 110 cm³/mol. The molecule has 11 heteroatoms. The molecule has 0 fully saturated rings. The number of hydrogen-bond acceptors (Lipinski definition) is 5. The monoisotopic (exact) mass is 465 g/mol. The molecule has 0 radical (unpaired) electrons. The van der Waals surface area contributed by atoms with Crippen molar-refractivity contribution in [1.29, 1.82) is 0 Å². The molecule has 7 nitrogen and oxygen atoms in total. The summed E-state index contributed by atoms with van der Waals surface area (Å²) in [7, 11) is 1.36. The number of hydrogen-bond donors (Lipinski definition) is 2. The smallest absolute Gasteiger partial charge is 0.394 e. The van der Waals surface area contributed by atoms with Crippen molar-refractivity contribution in [3.05, 3.63) is 81.9 Å². The maximum atomic E-state index is 13.8. The number of amides is 1. The Morgan fingerprint density at radius 2 is 1.88 bits per heavy atom. The Hall–Kier alpha value is -3.57. The minimum atomic E-state index is -4.54. The number of alkyl halides is 3. The first-order valence-corrected chi connectivity index (χ1v) is 9.62. The summed E-state index contributed by atoms with van der Waals surface area (Å²) in [6.07, 6.45) is -4.54. The Labute approximate surface area is 185 Å². The van der Waals surface area contributed by atoms with Gasteiger partial charge >= 0.3 is 6.18 Å². The van der Waals surface area contributed by atoms with E-state index >= 15 is 0 Å². The van der Waals surface area contributed by atoms with Crippen molar-refractivity contribution < 1.29 is 32.2 Å². The van der Waals surface area contributed by atoms with Gasteiger partial charge in [0, 0.05) is 12.7 Å². The fourth-order valence-corrected chi connectivity index (χ4v) is 3.02. The van der Waals surface area contributed by atoms with Gasteiger partial charge in [0.15, 0.2) is 0 Å². The standard InChI is InChI=1S/C22H19F4N3O4/c1-33-12-16(11-30)27-20(31)18-10-19(13-5-7-14(8-6-13)22(24,25)26)28-29(21(18)32)17-4-2-3-15(23)9-17/h2-10,16,30H,11-12H2,1H3,(H,27,31)/t16-/m1/s1. The summed E-state index contributed by atoms with van der Waals surface area (Å²) in [4.78, 5) is 25.8. The van der Waals surface area contributed by atoms with Gasteiger partial charge in [-0.2, -0.15) is 23.0 Å². The van der Waals surface area contributed by atoms with Gasteiger partial charge in [-0.15, -0.1) is 0 Å². The van der Waals surface area contributed by atoms with Crippen LogP contribution in [0.25, 0.3) is 16.9 Å². The Kier molecular flexibility index (Phi) is 7.24. The summed E-state index contributed by atoms with van der Waals surface area (Å²) in [5.74, 6) is -1.52. The predicted octanol–water partition coefficient (Wildman–Crippen LogP) is 2.79. The van der Waals surface area contributed by atoms with Crippen LogP contribution in [0.1, 0.15) is 15.9 Å². The van der Waals surface area contributed by atoms with Gasteiger partial charge in [0.1, 0.15) is 11.4 Å². The average molecular weight is 465 g/mol. The minimum Gasteiger partial charge on any atom is -0.394 e. The quantitative estimate of drug-likeness (QED) is 0.524. The molecule has 0 unspecified atom stereocenters. The van der Waals surface area contributed by atoms with Crippen LogP contribution in [0.15, 0.2) is 59.4 Å². The lowest BCUT2D eigenvalue weighted by Crippen LogP contribution is -2.43. The second kappa shape index (κ2) is 9.92. The summed E-state index contributed by atoms with van der Waals surface area (Å²) >= 11 is 0. The number of carbonyl (C=O) groups excluding carboxylic acids is 1. The van der Waals surface area contributed by atoms with E-state index in [9.17, 15) is 32.3 Å². The zero-order valence-electron chi connectivity index (χ0n) is 17.3. The number of methoxy groups -OCH3 is 1. The minimum absolute atomic E-state index is 0.00465. The van der Waals surface area contributed by atoms with Crippen LogP contribution in [0.5, 0.6) is 0 Å². The summed E-state index contributed by atoms with van der Waals surface area (Å²) in [5, 5.41) is 16.0. The summed E-state index contributed by atoms with van der Waals surface area (Å²) in [6.45, 7) is -0.494. The summed E-state index contributed by atoms with van der Waals surface area (Å²) < 4.78 is 58.2. The maximum absolute atomic E-state index is 13.8. The van der Waals surface area contributed by atoms with Crippen molar-refractivity contribution in [3.63, 3.8) is 0 Å². The van der Waals surface area contributed by atoms with E-state index in [1.807, 2.05) is 0 Å². The highest BCUT2D eigenvalue weighted by molar-refractivity contribution is 5.95. The zero-order valence-corrected chi connectivity index (χ0v) is 17.3. The van der Waals surface area contributed by atoms with E-state index < -0.39 is 47.2 Å². The number of aromatic nitrogens is 2. The second-order valence-corrected chi connectivity index (χ2v) is 7.02. The van der Waals surface area contributed by atoms with Crippen molar-refractivity contribution in [3.8, 4) is 16.9 Å². The van der Waals surface area contributed by atoms with Gasteiger partial charge in [-0.3, -0.25) is 9.59 Å². The largest absolute Gasteiger partial charge is 0.416 e. The second-order valence-electron chi connectivity index (χ2n) is 7.02. The molecule has 3 rings (SSSR count). The van der Waals surface area contributed by atoms with Crippen molar-refractivity contribution in [2.45, 2.75) is 12.2 Å². The first kappa shape index (κ1) is 24.1. The van der Waals surface area contributed by atoms with Crippen LogP contribution in [-0.4, -0.2) is 47.2 Å². The van der Waals surface area contributed by atoms with Gasteiger partial charge in [0.25, 0.3) is 11.5 Å². The molecule has 0 spiro atoms. The Balaban J connectivity index is 2.14. The molecule has 0 saturated carbocycles. The molecule has 0 aliphatic carbocycles. The fraction of sp³-hybridized carbons (Fsp3) is 0.227. The fourth-order valence-electron chi connectivity index (χ4n) is 3.02. The number of rotatable bonds is 7. The van der Waals surface area contributed by atoms with E-state index in [-0.39, 0.29) is 23.6 Å². The Morgan fingerprint density at radius 3 is 2.45 bits per heavy atom. The first-order valence-electron chi connectivity index (χ1n) is 9.62. The third-order valence-electron chi connectivity index (χ3n) is 4.64. The van der Waals surface area contributed by atoms with Crippen molar-refractivity contribution in [1.82, 2.24) is 15.1 Å². The average Bonchev–Trinajstić information content (AvgIpc) is 2.78. The molecule has 1 atom stereocenters. The topological polar surface area (TPSA) is 93.4 Å². The maximum Gasteiger partial charge on any atom is 0.416 e. The number of aliphatic hydroxyl groups is 1. The lowest BCUT2D eigenvalue weighted by atomic mass is 10.1. The number of benzene rings is 2. The number of nitrogens with one attached hydrogen (secondary N) is 1. The molecule has 2 aromatic carbocycles. The third-order valence-corrected chi connectivity index (χ3v) is 4.64. The molecule has 0 bridgehead atoms. The SMILES string of the molecule is COC[C@@H](CO)NC(=O)c1cc(-c2ccc(C(F)(F)F)cc2)nn(-c2cccc(F)c2)c1=O. The van der Waals surface area contributed by atoms with E-state index in [4.69, 9.17) is 4.74 Å². The van der Waals surface area contributed by atoms with Gasteiger partial charge in [-0.05, 0) is 36.4 Å². The number of nitrogens with zero attached hydrogens (tertiary/aromatic N) is 2. The van der Waals surface area contributed by atoms with E-state index in [2.05, 4.69) is 10.4 Å². The molecule has 174 valence electrons. The highest BCUT2D eigenvalue weighted by atomic mass is 19.4. The van der Waals surface area contributed by atoms with Gasteiger partial charge in [0.2, 0.25) is 0 Å². The van der Waals surface area contributed by atoms with Crippen LogP contribution in [0.2, 0.25) is 0 Å². The van der Waals surface area contributed by atoms with Gasteiger partial charge in [-0.1, -0.05) is 18.2 Å². The summed E-state index contributed by atoms with van der Waals surface area (Å²) in [5.41, 5.74) is -1.96. The molecule has 1 heterocycles. The molecular weight excluding hydrogens is 446 g/mol. The number of carbonyl (C=O) groups is 1. The van der Waals surface area contributed by atoms with Crippen LogP contribution < -0.4 is 10.9 Å². The number of aliphatic hydroxyl groups excluding tert-OH is 1. The van der Waals surface area contributed by atoms with Gasteiger partial charge in [-0.25, -0.2) is 4.39 Å². The molecule has 33 heavy (non-hydrogen) atoms.